The molecule has 0 bridgehead atoms. The summed E-state index contributed by atoms with van der Waals surface area (Å²) in [5, 5.41) is 0. The van der Waals surface area contributed by atoms with Crippen LogP contribution in [0.1, 0.15) is 43.7 Å². The van der Waals surface area contributed by atoms with Crippen molar-refractivity contribution >= 4 is 11.9 Å². The van der Waals surface area contributed by atoms with Crippen LogP contribution in [0.2, 0.25) is 0 Å². The van der Waals surface area contributed by atoms with E-state index in [0.29, 0.717) is 25.4 Å². The van der Waals surface area contributed by atoms with Crippen LogP contribution < -0.4 is 0 Å². The van der Waals surface area contributed by atoms with Crippen molar-refractivity contribution in [2.75, 3.05) is 32.7 Å². The molecule has 0 spiro atoms. The van der Waals surface area contributed by atoms with E-state index in [9.17, 15) is 9.59 Å². The van der Waals surface area contributed by atoms with Gasteiger partial charge in [-0.15, -0.1) is 0 Å². The fourth-order valence-corrected chi connectivity index (χ4v) is 5.81. The maximum Gasteiger partial charge on any atom is 0.311 e. The monoisotopic (exact) mass is 410 g/mol. The van der Waals surface area contributed by atoms with Gasteiger partial charge in [0, 0.05) is 38.6 Å². The number of nitrogens with zero attached hydrogens (tertiary/aromatic N) is 2. The van der Waals surface area contributed by atoms with E-state index < -0.39 is 0 Å². The van der Waals surface area contributed by atoms with E-state index in [1.807, 2.05) is 4.90 Å². The minimum Gasteiger partial charge on any atom is -0.461 e. The third-order valence-electron chi connectivity index (χ3n) is 7.54. The number of esters is 1. The molecule has 4 unspecified atom stereocenters. The number of piperazine rings is 1. The van der Waals surface area contributed by atoms with Crippen molar-refractivity contribution in [1.29, 1.82) is 0 Å². The highest BCUT2D eigenvalue weighted by Gasteiger charge is 2.51. The molecule has 0 N–H and O–H groups in total. The van der Waals surface area contributed by atoms with Crippen LogP contribution >= 0.6 is 0 Å². The SMILES string of the molecule is CC1=CCCC2(C)CC3OC(=O)C(CN4CCN(C(=O)c5ccco5)CC4)C3C=C12. The zero-order valence-corrected chi connectivity index (χ0v) is 17.8. The molecule has 160 valence electrons. The average Bonchev–Trinajstić information content (AvgIpc) is 3.35. The molecule has 2 fully saturated rings. The van der Waals surface area contributed by atoms with Crippen molar-refractivity contribution in [3.05, 3.63) is 47.5 Å². The highest BCUT2D eigenvalue weighted by atomic mass is 16.6. The summed E-state index contributed by atoms with van der Waals surface area (Å²) in [7, 11) is 0. The molecule has 0 aromatic carbocycles. The minimum atomic E-state index is -0.117. The molecular weight excluding hydrogens is 380 g/mol. The first kappa shape index (κ1) is 19.6. The molecule has 0 radical (unpaired) electrons. The summed E-state index contributed by atoms with van der Waals surface area (Å²) in [6.07, 6.45) is 9.38. The number of hydrogen-bond donors (Lipinski definition) is 0. The number of hydrogen-bond acceptors (Lipinski definition) is 5. The lowest BCUT2D eigenvalue weighted by molar-refractivity contribution is -0.145. The first-order chi connectivity index (χ1) is 14.4. The molecule has 30 heavy (non-hydrogen) atoms. The van der Waals surface area contributed by atoms with E-state index in [4.69, 9.17) is 9.15 Å². The quantitative estimate of drug-likeness (QED) is 0.716. The fraction of sp³-hybridized carbons (Fsp3) is 0.583. The molecule has 1 aromatic rings. The van der Waals surface area contributed by atoms with Gasteiger partial charge in [-0.1, -0.05) is 24.6 Å². The van der Waals surface area contributed by atoms with Crippen molar-refractivity contribution in [2.45, 2.75) is 39.2 Å². The van der Waals surface area contributed by atoms with Crippen LogP contribution in [0.15, 0.2) is 46.1 Å². The molecule has 4 aliphatic rings. The standard InChI is InChI=1S/C24H30N2O4/c1-16-5-3-7-24(2)14-21-17(13-19(16)24)18(23(28)30-21)15-25-8-10-26(11-9-25)22(27)20-6-4-12-29-20/h4-6,12-13,17-18,21H,3,7-11,14-15H2,1-2H3. The summed E-state index contributed by atoms with van der Waals surface area (Å²) in [4.78, 5) is 29.4. The highest BCUT2D eigenvalue weighted by Crippen LogP contribution is 2.52. The summed E-state index contributed by atoms with van der Waals surface area (Å²) < 4.78 is 11.1. The normalized spacial score (nSPS) is 34.0. The molecular formula is C24H30N2O4. The largest absolute Gasteiger partial charge is 0.461 e. The summed E-state index contributed by atoms with van der Waals surface area (Å²) in [6.45, 7) is 8.05. The minimum absolute atomic E-state index is 0.00368. The smallest absolute Gasteiger partial charge is 0.311 e. The van der Waals surface area contributed by atoms with Crippen LogP contribution in [-0.2, 0) is 9.53 Å². The lowest BCUT2D eigenvalue weighted by Crippen LogP contribution is -2.50. The number of amides is 1. The second kappa shape index (κ2) is 7.41. The van der Waals surface area contributed by atoms with Crippen molar-refractivity contribution in [1.82, 2.24) is 9.80 Å². The third kappa shape index (κ3) is 3.31. The second-order valence-electron chi connectivity index (χ2n) is 9.50. The van der Waals surface area contributed by atoms with Crippen molar-refractivity contribution in [3.8, 4) is 0 Å². The van der Waals surface area contributed by atoms with Gasteiger partial charge in [0.25, 0.3) is 5.91 Å². The molecule has 3 heterocycles. The third-order valence-corrected chi connectivity index (χ3v) is 7.54. The van der Waals surface area contributed by atoms with E-state index in [1.165, 1.54) is 17.4 Å². The van der Waals surface area contributed by atoms with Crippen LogP contribution in [0.5, 0.6) is 0 Å². The van der Waals surface area contributed by atoms with Gasteiger partial charge in [0.2, 0.25) is 0 Å². The summed E-state index contributed by atoms with van der Waals surface area (Å²) in [5.74, 6) is 0.313. The van der Waals surface area contributed by atoms with E-state index in [1.54, 1.807) is 12.1 Å². The number of fused-ring (bicyclic) bond motifs is 2. The molecule has 0 saturated carbocycles. The molecule has 2 saturated heterocycles. The van der Waals surface area contributed by atoms with Gasteiger partial charge in [-0.3, -0.25) is 14.5 Å². The lowest BCUT2D eigenvalue weighted by Gasteiger charge is -2.43. The van der Waals surface area contributed by atoms with E-state index in [0.717, 1.165) is 32.4 Å². The van der Waals surface area contributed by atoms with Crippen LogP contribution in [0, 0.1) is 17.3 Å². The predicted molar refractivity (Wildman–Crippen MR) is 112 cm³/mol. The fourth-order valence-electron chi connectivity index (χ4n) is 5.81. The van der Waals surface area contributed by atoms with Gasteiger partial charge in [-0.25, -0.2) is 0 Å². The number of carbonyl (C=O) groups is 2. The maximum atomic E-state index is 12.8. The van der Waals surface area contributed by atoms with Crippen molar-refractivity contribution in [2.24, 2.45) is 17.3 Å². The molecule has 1 aromatic heterocycles. The first-order valence-electron chi connectivity index (χ1n) is 11.1. The van der Waals surface area contributed by atoms with Crippen molar-refractivity contribution in [3.63, 3.8) is 0 Å². The number of carbonyl (C=O) groups excluding carboxylic acids is 2. The van der Waals surface area contributed by atoms with Crippen LogP contribution in [0.4, 0.5) is 0 Å². The Morgan fingerprint density at radius 1 is 1.27 bits per heavy atom. The van der Waals surface area contributed by atoms with Gasteiger partial charge in [0.15, 0.2) is 5.76 Å². The van der Waals surface area contributed by atoms with Crippen LogP contribution in [-0.4, -0.2) is 60.5 Å². The Hall–Kier alpha value is -2.34. The molecule has 6 nitrogen and oxygen atoms in total. The maximum absolute atomic E-state index is 12.8. The topological polar surface area (TPSA) is 63.0 Å². The summed E-state index contributed by atoms with van der Waals surface area (Å²) in [6, 6.07) is 3.44. The molecule has 4 atom stereocenters. The number of ether oxygens (including phenoxy) is 1. The zero-order chi connectivity index (χ0) is 20.9. The zero-order valence-electron chi connectivity index (χ0n) is 17.8. The predicted octanol–water partition coefficient (Wildman–Crippen LogP) is 3.27. The molecule has 2 aliphatic heterocycles. The van der Waals surface area contributed by atoms with E-state index in [2.05, 4.69) is 30.9 Å². The Bertz CT molecular complexity index is 894. The summed E-state index contributed by atoms with van der Waals surface area (Å²) >= 11 is 0. The number of allylic oxidation sites excluding steroid dienone is 3. The Kier molecular flexibility index (Phi) is 4.85. The van der Waals surface area contributed by atoms with Gasteiger partial charge in [-0.05, 0) is 49.3 Å². The Morgan fingerprint density at radius 2 is 2.07 bits per heavy atom. The highest BCUT2D eigenvalue weighted by molar-refractivity contribution is 5.91. The number of rotatable bonds is 3. The van der Waals surface area contributed by atoms with Gasteiger partial charge >= 0.3 is 5.97 Å². The second-order valence-corrected chi connectivity index (χ2v) is 9.50. The van der Waals surface area contributed by atoms with E-state index >= 15 is 0 Å². The average molecular weight is 411 g/mol. The molecule has 6 heteroatoms. The Morgan fingerprint density at radius 3 is 2.80 bits per heavy atom. The van der Waals surface area contributed by atoms with Crippen LogP contribution in [0.3, 0.4) is 0 Å². The number of furan rings is 1. The molecule has 5 rings (SSSR count). The first-order valence-corrected chi connectivity index (χ1v) is 11.1. The van der Waals surface area contributed by atoms with E-state index in [-0.39, 0.29) is 35.2 Å². The van der Waals surface area contributed by atoms with Gasteiger partial charge < -0.3 is 14.1 Å². The van der Waals surface area contributed by atoms with Crippen LogP contribution in [0.25, 0.3) is 0 Å². The Balaban J connectivity index is 1.26. The van der Waals surface area contributed by atoms with Gasteiger partial charge in [-0.2, -0.15) is 0 Å². The molecule has 2 aliphatic carbocycles. The summed E-state index contributed by atoms with van der Waals surface area (Å²) in [5.41, 5.74) is 2.92. The van der Waals surface area contributed by atoms with Gasteiger partial charge in [0.05, 0.1) is 12.2 Å². The van der Waals surface area contributed by atoms with Gasteiger partial charge in [0.1, 0.15) is 6.10 Å². The van der Waals surface area contributed by atoms with Crippen molar-refractivity contribution < 1.29 is 18.7 Å². The lowest BCUT2D eigenvalue weighted by atomic mass is 9.62. The Labute approximate surface area is 177 Å². The molecule has 1 amide bonds.